The molecule has 2 nitrogen and oxygen atoms in total. The van der Waals surface area contributed by atoms with Gasteiger partial charge in [0.25, 0.3) is 0 Å². The molecular weight excluding hydrogens is 234 g/mol. The third kappa shape index (κ3) is 6.75. The van der Waals surface area contributed by atoms with E-state index in [0.29, 0.717) is 0 Å². The van der Waals surface area contributed by atoms with Crippen molar-refractivity contribution in [1.29, 1.82) is 0 Å². The van der Waals surface area contributed by atoms with Crippen LogP contribution in [0.3, 0.4) is 0 Å². The molecule has 2 aromatic rings. The van der Waals surface area contributed by atoms with Crippen molar-refractivity contribution < 1.29 is 5.11 Å². The van der Waals surface area contributed by atoms with Gasteiger partial charge in [-0.25, -0.2) is 0 Å². The monoisotopic (exact) mass is 257 g/mol. The molecule has 0 aromatic heterocycles. The highest BCUT2D eigenvalue weighted by atomic mass is 16.3. The van der Waals surface area contributed by atoms with E-state index in [1.165, 1.54) is 5.56 Å². The summed E-state index contributed by atoms with van der Waals surface area (Å²) < 4.78 is 0. The SMILES string of the molecule is CNCCC(O)c1ccccc1.Cc1ccccc1. The Hall–Kier alpha value is -1.64. The van der Waals surface area contributed by atoms with Crippen LogP contribution in [0.2, 0.25) is 0 Å². The molecule has 0 saturated heterocycles. The van der Waals surface area contributed by atoms with Crippen molar-refractivity contribution in [2.45, 2.75) is 19.4 Å². The van der Waals surface area contributed by atoms with Crippen molar-refractivity contribution in [3.8, 4) is 0 Å². The molecule has 1 unspecified atom stereocenters. The first-order chi connectivity index (χ1) is 9.24. The fourth-order valence-corrected chi connectivity index (χ4v) is 1.66. The quantitative estimate of drug-likeness (QED) is 0.880. The maximum absolute atomic E-state index is 9.61. The molecule has 2 heteroatoms. The van der Waals surface area contributed by atoms with Crippen molar-refractivity contribution in [3.63, 3.8) is 0 Å². The molecule has 0 aliphatic carbocycles. The van der Waals surface area contributed by atoms with E-state index in [1.54, 1.807) is 0 Å². The summed E-state index contributed by atoms with van der Waals surface area (Å²) in [5.41, 5.74) is 2.32. The summed E-state index contributed by atoms with van der Waals surface area (Å²) in [6.07, 6.45) is 0.430. The largest absolute Gasteiger partial charge is 0.388 e. The molecule has 0 fully saturated rings. The number of hydrogen-bond donors (Lipinski definition) is 2. The number of benzene rings is 2. The van der Waals surface area contributed by atoms with E-state index in [-0.39, 0.29) is 6.10 Å². The lowest BCUT2D eigenvalue weighted by molar-refractivity contribution is 0.168. The van der Waals surface area contributed by atoms with E-state index in [1.807, 2.05) is 55.6 Å². The van der Waals surface area contributed by atoms with Gasteiger partial charge in [-0.05, 0) is 32.5 Å². The highest BCUT2D eigenvalue weighted by Gasteiger charge is 2.04. The normalized spacial score (nSPS) is 11.3. The van der Waals surface area contributed by atoms with Crippen LogP contribution in [0.25, 0.3) is 0 Å². The summed E-state index contributed by atoms with van der Waals surface area (Å²) in [5.74, 6) is 0. The Balaban J connectivity index is 0.000000218. The Morgan fingerprint density at radius 3 is 1.89 bits per heavy atom. The molecule has 102 valence electrons. The number of nitrogens with one attached hydrogen (secondary N) is 1. The molecule has 0 aliphatic rings. The van der Waals surface area contributed by atoms with Crippen molar-refractivity contribution in [3.05, 3.63) is 71.8 Å². The van der Waals surface area contributed by atoms with Crippen molar-refractivity contribution >= 4 is 0 Å². The highest BCUT2D eigenvalue weighted by molar-refractivity contribution is 5.17. The Morgan fingerprint density at radius 1 is 0.947 bits per heavy atom. The summed E-state index contributed by atoms with van der Waals surface area (Å²) in [4.78, 5) is 0. The van der Waals surface area contributed by atoms with Crippen molar-refractivity contribution in [2.24, 2.45) is 0 Å². The lowest BCUT2D eigenvalue weighted by atomic mass is 10.1. The van der Waals surface area contributed by atoms with E-state index in [0.717, 1.165) is 18.5 Å². The molecule has 0 amide bonds. The van der Waals surface area contributed by atoms with Gasteiger partial charge < -0.3 is 10.4 Å². The Morgan fingerprint density at radius 2 is 1.47 bits per heavy atom. The second-order valence-electron chi connectivity index (χ2n) is 4.47. The first kappa shape index (κ1) is 15.4. The van der Waals surface area contributed by atoms with Crippen LogP contribution >= 0.6 is 0 Å². The highest BCUT2D eigenvalue weighted by Crippen LogP contribution is 2.14. The topological polar surface area (TPSA) is 32.3 Å². The lowest BCUT2D eigenvalue weighted by Gasteiger charge is -2.09. The van der Waals surface area contributed by atoms with Crippen LogP contribution < -0.4 is 5.32 Å². The van der Waals surface area contributed by atoms with E-state index < -0.39 is 0 Å². The van der Waals surface area contributed by atoms with Crippen LogP contribution in [0.4, 0.5) is 0 Å². The molecule has 2 N–H and O–H groups in total. The fourth-order valence-electron chi connectivity index (χ4n) is 1.66. The third-order valence-corrected chi connectivity index (χ3v) is 2.79. The predicted molar refractivity (Wildman–Crippen MR) is 81.1 cm³/mol. The van der Waals surface area contributed by atoms with Gasteiger partial charge in [0.1, 0.15) is 0 Å². The number of aliphatic hydroxyl groups excluding tert-OH is 1. The summed E-state index contributed by atoms with van der Waals surface area (Å²) >= 11 is 0. The zero-order valence-corrected chi connectivity index (χ0v) is 11.7. The average Bonchev–Trinajstić information content (AvgIpc) is 2.47. The van der Waals surface area contributed by atoms with Gasteiger partial charge in [-0.2, -0.15) is 0 Å². The second kappa shape index (κ2) is 9.31. The molecule has 0 spiro atoms. The number of aliphatic hydroxyl groups is 1. The van der Waals surface area contributed by atoms with Crippen molar-refractivity contribution in [1.82, 2.24) is 5.32 Å². The van der Waals surface area contributed by atoms with Gasteiger partial charge in [-0.15, -0.1) is 0 Å². The number of rotatable bonds is 4. The zero-order valence-electron chi connectivity index (χ0n) is 11.7. The minimum atomic E-state index is -0.335. The van der Waals surface area contributed by atoms with E-state index in [2.05, 4.69) is 24.4 Å². The second-order valence-corrected chi connectivity index (χ2v) is 4.47. The smallest absolute Gasteiger partial charge is 0.0802 e. The van der Waals surface area contributed by atoms with E-state index >= 15 is 0 Å². The molecule has 1 atom stereocenters. The summed E-state index contributed by atoms with van der Waals surface area (Å²) in [6, 6.07) is 20.0. The molecule has 2 rings (SSSR count). The fraction of sp³-hybridized carbons (Fsp3) is 0.294. The van der Waals surface area contributed by atoms with Crippen LogP contribution in [0, 0.1) is 6.92 Å². The van der Waals surface area contributed by atoms with Gasteiger partial charge in [0, 0.05) is 0 Å². The molecule has 0 saturated carbocycles. The number of aryl methyl sites for hydroxylation is 1. The molecular formula is C17H23NO. The van der Waals surface area contributed by atoms with Gasteiger partial charge >= 0.3 is 0 Å². The van der Waals surface area contributed by atoms with Crippen LogP contribution in [0.5, 0.6) is 0 Å². The maximum atomic E-state index is 9.61. The Bertz CT molecular complexity index is 428. The van der Waals surface area contributed by atoms with Crippen LogP contribution in [0.15, 0.2) is 60.7 Å². The lowest BCUT2D eigenvalue weighted by Crippen LogP contribution is -2.11. The third-order valence-electron chi connectivity index (χ3n) is 2.79. The molecule has 0 radical (unpaired) electrons. The van der Waals surface area contributed by atoms with Gasteiger partial charge in [0.05, 0.1) is 6.10 Å². The van der Waals surface area contributed by atoms with Gasteiger partial charge in [0.15, 0.2) is 0 Å². The van der Waals surface area contributed by atoms with E-state index in [4.69, 9.17) is 0 Å². The number of hydrogen-bond acceptors (Lipinski definition) is 2. The van der Waals surface area contributed by atoms with Gasteiger partial charge in [-0.3, -0.25) is 0 Å². The van der Waals surface area contributed by atoms with Crippen LogP contribution in [-0.4, -0.2) is 18.7 Å². The standard InChI is InChI=1S/C10H15NO.C7H8/c1-11-8-7-10(12)9-5-3-2-4-6-9;1-7-5-3-2-4-6-7/h2-6,10-12H,7-8H2,1H3;2-6H,1H3. The molecule has 2 aromatic carbocycles. The van der Waals surface area contributed by atoms with Crippen molar-refractivity contribution in [2.75, 3.05) is 13.6 Å². The summed E-state index contributed by atoms with van der Waals surface area (Å²) in [7, 11) is 1.89. The average molecular weight is 257 g/mol. The predicted octanol–water partition coefficient (Wildman–Crippen LogP) is 3.32. The molecule has 0 heterocycles. The minimum absolute atomic E-state index is 0.335. The molecule has 0 bridgehead atoms. The molecule has 0 aliphatic heterocycles. The Kier molecular flexibility index (Phi) is 7.56. The summed E-state index contributed by atoms with van der Waals surface area (Å²) in [6.45, 7) is 2.93. The Labute approximate surface area is 116 Å². The van der Waals surface area contributed by atoms with E-state index in [9.17, 15) is 5.11 Å². The summed E-state index contributed by atoms with van der Waals surface area (Å²) in [5, 5.41) is 12.6. The van der Waals surface area contributed by atoms with Crippen LogP contribution in [0.1, 0.15) is 23.7 Å². The van der Waals surface area contributed by atoms with Crippen LogP contribution in [-0.2, 0) is 0 Å². The zero-order chi connectivity index (χ0) is 13.9. The maximum Gasteiger partial charge on any atom is 0.0802 e. The first-order valence-electron chi connectivity index (χ1n) is 6.63. The molecule has 19 heavy (non-hydrogen) atoms. The first-order valence-corrected chi connectivity index (χ1v) is 6.63. The minimum Gasteiger partial charge on any atom is -0.388 e. The van der Waals surface area contributed by atoms with Gasteiger partial charge in [0.2, 0.25) is 0 Å². The van der Waals surface area contributed by atoms with Gasteiger partial charge in [-0.1, -0.05) is 66.2 Å².